The summed E-state index contributed by atoms with van der Waals surface area (Å²) in [6, 6.07) is -0.722. The number of hydrogen-bond acceptors (Lipinski definition) is 8. The predicted octanol–water partition coefficient (Wildman–Crippen LogP) is 13.8. The number of aliphatic hydroxyl groups is 5. The first-order chi connectivity index (χ1) is 33.8. The maximum Gasteiger partial charge on any atom is 0.220 e. The third-order valence-electron chi connectivity index (χ3n) is 13.0. The summed E-state index contributed by atoms with van der Waals surface area (Å²) >= 11 is 0. The summed E-state index contributed by atoms with van der Waals surface area (Å²) in [4.78, 5) is 13.0. The number of ether oxygens (including phenoxy) is 2. The molecule has 398 valence electrons. The molecule has 0 spiro atoms. The zero-order valence-electron chi connectivity index (χ0n) is 44.0. The third-order valence-corrected chi connectivity index (χ3v) is 13.0. The Bertz CT molecular complexity index is 1350. The average molecular weight is 968 g/mol. The summed E-state index contributed by atoms with van der Waals surface area (Å²) in [7, 11) is 0. The number of carbonyl (C=O) groups is 1. The molecule has 0 saturated carbocycles. The lowest BCUT2D eigenvalue weighted by Gasteiger charge is -2.40. The van der Waals surface area contributed by atoms with Crippen LogP contribution in [-0.4, -0.2) is 87.5 Å². The number of rotatable bonds is 47. The molecule has 0 radical (unpaired) electrons. The lowest BCUT2D eigenvalue weighted by Crippen LogP contribution is -2.60. The highest BCUT2D eigenvalue weighted by atomic mass is 16.7. The summed E-state index contributed by atoms with van der Waals surface area (Å²) in [6.07, 6.45) is 61.9. The molecule has 1 amide bonds. The SMILES string of the molecule is CC/C=C\C/C=C\C/C=C\C/C=C\C/C=C\C/C=C\C/C=C\CCCCCCCCCCCCCCCC(=O)NC(COC1OC(CO)C(O)C(O)C1O)C(O)CCCCCCCCCCCCC. The first-order valence-corrected chi connectivity index (χ1v) is 28.3. The van der Waals surface area contributed by atoms with Gasteiger partial charge in [-0.25, -0.2) is 0 Å². The van der Waals surface area contributed by atoms with E-state index in [1.54, 1.807) is 0 Å². The summed E-state index contributed by atoms with van der Waals surface area (Å²) < 4.78 is 11.3. The van der Waals surface area contributed by atoms with Gasteiger partial charge in [0.2, 0.25) is 5.91 Å². The van der Waals surface area contributed by atoms with E-state index in [0.29, 0.717) is 12.8 Å². The van der Waals surface area contributed by atoms with E-state index < -0.39 is 49.5 Å². The van der Waals surface area contributed by atoms with E-state index in [1.807, 2.05) is 0 Å². The van der Waals surface area contributed by atoms with Gasteiger partial charge in [-0.1, -0.05) is 240 Å². The summed E-state index contributed by atoms with van der Waals surface area (Å²) in [6.45, 7) is 3.71. The molecule has 7 unspecified atom stereocenters. The van der Waals surface area contributed by atoms with Crippen LogP contribution in [0.2, 0.25) is 0 Å². The molecule has 1 aliphatic rings. The normalized spacial score (nSPS) is 20.1. The van der Waals surface area contributed by atoms with Crippen LogP contribution in [0.4, 0.5) is 0 Å². The summed E-state index contributed by atoms with van der Waals surface area (Å²) in [5.74, 6) is -0.149. The standard InChI is InChI=1S/C60H105NO8/c1-3-5-7-9-11-13-15-16-17-18-19-20-21-22-23-24-25-26-27-28-29-30-31-32-33-34-35-36-37-38-40-42-44-46-48-50-56(64)61-53(52-68-60-59(67)58(66)57(65)55(51-62)69-60)54(63)49-47-45-43-41-39-14-12-10-8-6-4-2/h5,7,11,13,16-17,19-20,22-23,25-26,28-29,53-55,57-60,62-63,65-67H,3-4,6,8-10,12,14-15,18,21,24,27,30-52H2,1-2H3,(H,61,64)/b7-5-,13-11-,17-16-,20-19-,23-22-,26-25-,29-28-. The Labute approximate surface area is 422 Å². The van der Waals surface area contributed by atoms with Crippen LogP contribution >= 0.6 is 0 Å². The summed E-state index contributed by atoms with van der Waals surface area (Å²) in [5, 5.41) is 54.5. The Morgan fingerprint density at radius 3 is 1.33 bits per heavy atom. The zero-order valence-corrected chi connectivity index (χ0v) is 44.0. The Morgan fingerprint density at radius 1 is 0.507 bits per heavy atom. The second kappa shape index (κ2) is 49.0. The van der Waals surface area contributed by atoms with Gasteiger partial charge in [-0.3, -0.25) is 4.79 Å². The molecule has 1 heterocycles. The van der Waals surface area contributed by atoms with E-state index in [0.717, 1.165) is 83.5 Å². The monoisotopic (exact) mass is 968 g/mol. The van der Waals surface area contributed by atoms with Gasteiger partial charge in [-0.05, 0) is 70.6 Å². The molecule has 1 fully saturated rings. The smallest absolute Gasteiger partial charge is 0.220 e. The lowest BCUT2D eigenvalue weighted by atomic mass is 9.99. The molecule has 0 aromatic heterocycles. The van der Waals surface area contributed by atoms with Gasteiger partial charge in [0.1, 0.15) is 24.4 Å². The number of hydrogen-bond donors (Lipinski definition) is 6. The lowest BCUT2D eigenvalue weighted by molar-refractivity contribution is -0.302. The molecule has 1 saturated heterocycles. The van der Waals surface area contributed by atoms with Crippen LogP contribution in [0, 0.1) is 0 Å². The van der Waals surface area contributed by atoms with E-state index >= 15 is 0 Å². The van der Waals surface area contributed by atoms with E-state index in [4.69, 9.17) is 9.47 Å². The van der Waals surface area contributed by atoms with Crippen molar-refractivity contribution in [3.63, 3.8) is 0 Å². The van der Waals surface area contributed by atoms with Crippen molar-refractivity contribution in [1.82, 2.24) is 5.32 Å². The molecule has 9 nitrogen and oxygen atoms in total. The second-order valence-corrected chi connectivity index (χ2v) is 19.4. The largest absolute Gasteiger partial charge is 0.394 e. The number of unbranched alkanes of at least 4 members (excludes halogenated alkanes) is 23. The van der Waals surface area contributed by atoms with Crippen LogP contribution < -0.4 is 5.32 Å². The highest BCUT2D eigenvalue weighted by molar-refractivity contribution is 5.76. The molecule has 69 heavy (non-hydrogen) atoms. The molecule has 0 bridgehead atoms. The Hall–Kier alpha value is -2.63. The van der Waals surface area contributed by atoms with Crippen molar-refractivity contribution >= 4 is 5.91 Å². The van der Waals surface area contributed by atoms with Crippen LogP contribution in [0.15, 0.2) is 85.1 Å². The molecule has 1 rings (SSSR count). The maximum atomic E-state index is 13.0. The van der Waals surface area contributed by atoms with Crippen LogP contribution in [0.25, 0.3) is 0 Å². The van der Waals surface area contributed by atoms with Gasteiger partial charge in [-0.2, -0.15) is 0 Å². The van der Waals surface area contributed by atoms with Crippen molar-refractivity contribution < 1.29 is 39.8 Å². The van der Waals surface area contributed by atoms with E-state index in [9.17, 15) is 30.3 Å². The number of allylic oxidation sites excluding steroid dienone is 14. The fourth-order valence-electron chi connectivity index (χ4n) is 8.55. The van der Waals surface area contributed by atoms with Gasteiger partial charge in [0, 0.05) is 6.42 Å². The average Bonchev–Trinajstić information content (AvgIpc) is 3.35. The maximum absolute atomic E-state index is 13.0. The highest BCUT2D eigenvalue weighted by Crippen LogP contribution is 2.23. The van der Waals surface area contributed by atoms with Gasteiger partial charge < -0.3 is 40.3 Å². The van der Waals surface area contributed by atoms with Gasteiger partial charge in [-0.15, -0.1) is 0 Å². The molecular weight excluding hydrogens is 863 g/mol. The first-order valence-electron chi connectivity index (χ1n) is 28.3. The van der Waals surface area contributed by atoms with Crippen molar-refractivity contribution in [3.8, 4) is 0 Å². The minimum atomic E-state index is -1.56. The predicted molar refractivity (Wildman–Crippen MR) is 290 cm³/mol. The van der Waals surface area contributed by atoms with E-state index in [1.165, 1.54) is 122 Å². The van der Waals surface area contributed by atoms with Crippen molar-refractivity contribution in [3.05, 3.63) is 85.1 Å². The minimum Gasteiger partial charge on any atom is -0.394 e. The molecule has 0 aliphatic carbocycles. The van der Waals surface area contributed by atoms with Gasteiger partial charge in [0.15, 0.2) is 6.29 Å². The highest BCUT2D eigenvalue weighted by Gasteiger charge is 2.44. The Kier molecular flexibility index (Phi) is 45.7. The second-order valence-electron chi connectivity index (χ2n) is 19.4. The number of carbonyl (C=O) groups excluding carboxylic acids is 1. The number of aliphatic hydroxyl groups excluding tert-OH is 5. The summed E-state index contributed by atoms with van der Waals surface area (Å²) in [5.41, 5.74) is 0. The van der Waals surface area contributed by atoms with Gasteiger partial charge >= 0.3 is 0 Å². The zero-order chi connectivity index (χ0) is 50.1. The van der Waals surface area contributed by atoms with E-state index in [-0.39, 0.29) is 12.5 Å². The molecule has 0 aromatic rings. The molecule has 9 heteroatoms. The molecule has 0 aromatic carbocycles. The number of nitrogens with one attached hydrogen (secondary N) is 1. The molecule has 7 atom stereocenters. The third kappa shape index (κ3) is 38.7. The van der Waals surface area contributed by atoms with Crippen LogP contribution in [-0.2, 0) is 14.3 Å². The van der Waals surface area contributed by atoms with Gasteiger partial charge in [0.25, 0.3) is 0 Å². The van der Waals surface area contributed by atoms with E-state index in [2.05, 4.69) is 104 Å². The number of amides is 1. The van der Waals surface area contributed by atoms with Crippen molar-refractivity contribution in [2.24, 2.45) is 0 Å². The van der Waals surface area contributed by atoms with Crippen LogP contribution in [0.1, 0.15) is 232 Å². The fraction of sp³-hybridized carbons (Fsp3) is 0.750. The van der Waals surface area contributed by atoms with Crippen molar-refractivity contribution in [2.75, 3.05) is 13.2 Å². The molecule has 6 N–H and O–H groups in total. The fourth-order valence-corrected chi connectivity index (χ4v) is 8.55. The minimum absolute atomic E-state index is 0.141. The first kappa shape index (κ1) is 64.4. The van der Waals surface area contributed by atoms with Gasteiger partial charge in [0.05, 0.1) is 25.4 Å². The van der Waals surface area contributed by atoms with Crippen molar-refractivity contribution in [1.29, 1.82) is 0 Å². The van der Waals surface area contributed by atoms with Crippen molar-refractivity contribution in [2.45, 2.75) is 275 Å². The quantitative estimate of drug-likeness (QED) is 0.0261. The van der Waals surface area contributed by atoms with Crippen LogP contribution in [0.5, 0.6) is 0 Å². The Balaban J connectivity index is 2.11. The molecular formula is C60H105NO8. The topological polar surface area (TPSA) is 149 Å². The van der Waals surface area contributed by atoms with Crippen LogP contribution in [0.3, 0.4) is 0 Å². The molecule has 1 aliphatic heterocycles. The Morgan fingerprint density at radius 2 is 0.899 bits per heavy atom.